The number of sulfone groups is 1. The number of hydrogen-bond donors (Lipinski definition) is 2. The van der Waals surface area contributed by atoms with Crippen molar-refractivity contribution in [2.75, 3.05) is 11.1 Å². The van der Waals surface area contributed by atoms with Crippen LogP contribution in [0, 0.1) is 0 Å². The maximum atomic E-state index is 12.2. The fourth-order valence-corrected chi connectivity index (χ4v) is 4.81. The van der Waals surface area contributed by atoms with E-state index in [9.17, 15) is 13.2 Å². The van der Waals surface area contributed by atoms with E-state index >= 15 is 0 Å². The zero-order valence-corrected chi connectivity index (χ0v) is 14.6. The standard InChI is InChI=1S/C19H20N2O3S/c22-19(21-14-8-9-14)13-4-3-5-15(12-13)20-17-10-11-25(23,24)18-7-2-1-6-16(17)18/h1-7,12,14,17,20H,8-11H2,(H,21,22). The molecule has 1 aliphatic heterocycles. The molecule has 1 saturated carbocycles. The Bertz CT molecular complexity index is 920. The number of anilines is 1. The summed E-state index contributed by atoms with van der Waals surface area (Å²) < 4.78 is 24.5. The number of benzene rings is 2. The Morgan fingerprint density at radius 3 is 2.60 bits per heavy atom. The van der Waals surface area contributed by atoms with Crippen molar-refractivity contribution in [2.24, 2.45) is 0 Å². The summed E-state index contributed by atoms with van der Waals surface area (Å²) in [6.07, 6.45) is 2.62. The fraction of sp³-hybridized carbons (Fsp3) is 0.316. The Morgan fingerprint density at radius 2 is 1.80 bits per heavy atom. The van der Waals surface area contributed by atoms with Gasteiger partial charge in [-0.1, -0.05) is 24.3 Å². The second-order valence-electron chi connectivity index (χ2n) is 6.67. The summed E-state index contributed by atoms with van der Waals surface area (Å²) in [6, 6.07) is 14.7. The van der Waals surface area contributed by atoms with Crippen LogP contribution in [0.3, 0.4) is 0 Å². The van der Waals surface area contributed by atoms with E-state index in [4.69, 9.17) is 0 Å². The molecule has 1 heterocycles. The number of carbonyl (C=O) groups is 1. The number of rotatable bonds is 4. The molecule has 2 aliphatic rings. The van der Waals surface area contributed by atoms with Gasteiger partial charge in [-0.05, 0) is 49.1 Å². The van der Waals surface area contributed by atoms with Crippen molar-refractivity contribution >= 4 is 21.4 Å². The molecule has 4 rings (SSSR count). The van der Waals surface area contributed by atoms with Crippen LogP contribution in [0.15, 0.2) is 53.4 Å². The minimum absolute atomic E-state index is 0.0576. The molecule has 1 atom stereocenters. The predicted octanol–water partition coefficient (Wildman–Crippen LogP) is 2.91. The van der Waals surface area contributed by atoms with Gasteiger partial charge in [0.15, 0.2) is 9.84 Å². The highest BCUT2D eigenvalue weighted by Gasteiger charge is 2.30. The first-order valence-corrected chi connectivity index (χ1v) is 10.2. The van der Waals surface area contributed by atoms with E-state index in [0.717, 1.165) is 24.1 Å². The zero-order valence-electron chi connectivity index (χ0n) is 13.7. The molecule has 5 nitrogen and oxygen atoms in total. The van der Waals surface area contributed by atoms with Gasteiger partial charge in [-0.3, -0.25) is 4.79 Å². The second kappa shape index (κ2) is 6.19. The molecule has 0 bridgehead atoms. The first-order chi connectivity index (χ1) is 12.0. The van der Waals surface area contributed by atoms with Crippen LogP contribution in [0.1, 0.15) is 41.2 Å². The molecule has 1 fully saturated rings. The molecule has 130 valence electrons. The Kier molecular flexibility index (Phi) is 4.00. The van der Waals surface area contributed by atoms with Gasteiger partial charge in [-0.2, -0.15) is 0 Å². The van der Waals surface area contributed by atoms with Gasteiger partial charge >= 0.3 is 0 Å². The van der Waals surface area contributed by atoms with Gasteiger partial charge in [-0.15, -0.1) is 0 Å². The third kappa shape index (κ3) is 3.39. The third-order valence-corrected chi connectivity index (χ3v) is 6.50. The average Bonchev–Trinajstić information content (AvgIpc) is 3.42. The van der Waals surface area contributed by atoms with Crippen LogP contribution in [0.25, 0.3) is 0 Å². The number of carbonyl (C=O) groups excluding carboxylic acids is 1. The summed E-state index contributed by atoms with van der Waals surface area (Å²) in [5.74, 6) is 0.0709. The van der Waals surface area contributed by atoms with Crippen molar-refractivity contribution in [2.45, 2.75) is 36.2 Å². The molecule has 2 aromatic carbocycles. The van der Waals surface area contributed by atoms with E-state index in [1.54, 1.807) is 18.2 Å². The molecule has 1 unspecified atom stereocenters. The number of nitrogens with one attached hydrogen (secondary N) is 2. The molecule has 25 heavy (non-hydrogen) atoms. The van der Waals surface area contributed by atoms with Crippen LogP contribution in [-0.4, -0.2) is 26.1 Å². The molecule has 2 aromatic rings. The van der Waals surface area contributed by atoms with Gasteiger partial charge in [0.1, 0.15) is 0 Å². The average molecular weight is 356 g/mol. The quantitative estimate of drug-likeness (QED) is 0.883. The molecular weight excluding hydrogens is 336 g/mol. The largest absolute Gasteiger partial charge is 0.378 e. The van der Waals surface area contributed by atoms with Gasteiger partial charge in [0.25, 0.3) is 5.91 Å². The van der Waals surface area contributed by atoms with Gasteiger partial charge in [-0.25, -0.2) is 8.42 Å². The summed E-state index contributed by atoms with van der Waals surface area (Å²) >= 11 is 0. The lowest BCUT2D eigenvalue weighted by atomic mass is 10.0. The first kappa shape index (κ1) is 16.1. The number of amides is 1. The lowest BCUT2D eigenvalue weighted by molar-refractivity contribution is 0.0951. The molecule has 0 spiro atoms. The normalized spacial score (nSPS) is 21.2. The van der Waals surface area contributed by atoms with E-state index in [1.807, 2.05) is 30.3 Å². The minimum atomic E-state index is -3.20. The SMILES string of the molecule is O=C(NC1CC1)c1cccc(NC2CCS(=O)(=O)c3ccccc32)c1. The fourth-order valence-electron chi connectivity index (χ4n) is 3.19. The van der Waals surface area contributed by atoms with Crippen molar-refractivity contribution < 1.29 is 13.2 Å². The summed E-state index contributed by atoms with van der Waals surface area (Å²) in [7, 11) is -3.20. The lowest BCUT2D eigenvalue weighted by Gasteiger charge is -2.27. The Morgan fingerprint density at radius 1 is 1.00 bits per heavy atom. The highest BCUT2D eigenvalue weighted by Crippen LogP contribution is 2.34. The number of fused-ring (bicyclic) bond motifs is 1. The first-order valence-electron chi connectivity index (χ1n) is 8.52. The summed E-state index contributed by atoms with van der Waals surface area (Å²) in [5, 5.41) is 6.38. The van der Waals surface area contributed by atoms with E-state index in [-0.39, 0.29) is 17.7 Å². The van der Waals surface area contributed by atoms with E-state index in [0.29, 0.717) is 22.9 Å². The zero-order chi connectivity index (χ0) is 17.4. The van der Waals surface area contributed by atoms with Crippen molar-refractivity contribution in [3.05, 3.63) is 59.7 Å². The minimum Gasteiger partial charge on any atom is -0.378 e. The summed E-state index contributed by atoms with van der Waals surface area (Å²) in [4.78, 5) is 12.6. The van der Waals surface area contributed by atoms with Crippen molar-refractivity contribution in [3.63, 3.8) is 0 Å². The van der Waals surface area contributed by atoms with Crippen molar-refractivity contribution in [1.82, 2.24) is 5.32 Å². The maximum absolute atomic E-state index is 12.2. The highest BCUT2D eigenvalue weighted by atomic mass is 32.2. The molecular formula is C19H20N2O3S. The smallest absolute Gasteiger partial charge is 0.251 e. The van der Waals surface area contributed by atoms with Gasteiger partial charge in [0.2, 0.25) is 0 Å². The van der Waals surface area contributed by atoms with Crippen LogP contribution >= 0.6 is 0 Å². The Balaban J connectivity index is 1.57. The highest BCUT2D eigenvalue weighted by molar-refractivity contribution is 7.91. The predicted molar refractivity (Wildman–Crippen MR) is 96.4 cm³/mol. The van der Waals surface area contributed by atoms with Crippen LogP contribution in [0.4, 0.5) is 5.69 Å². The lowest BCUT2D eigenvalue weighted by Crippen LogP contribution is -2.26. The maximum Gasteiger partial charge on any atom is 0.251 e. The van der Waals surface area contributed by atoms with Gasteiger partial charge in [0, 0.05) is 17.3 Å². The molecule has 0 aromatic heterocycles. The molecule has 0 saturated heterocycles. The van der Waals surface area contributed by atoms with E-state index < -0.39 is 9.84 Å². The van der Waals surface area contributed by atoms with Crippen LogP contribution in [0.2, 0.25) is 0 Å². The number of hydrogen-bond acceptors (Lipinski definition) is 4. The van der Waals surface area contributed by atoms with Crippen LogP contribution < -0.4 is 10.6 Å². The van der Waals surface area contributed by atoms with E-state index in [1.165, 1.54) is 0 Å². The summed E-state index contributed by atoms with van der Waals surface area (Å²) in [5.41, 5.74) is 2.23. The Labute approximate surface area is 147 Å². The molecule has 1 aliphatic carbocycles. The Hall–Kier alpha value is -2.34. The van der Waals surface area contributed by atoms with Crippen molar-refractivity contribution in [3.8, 4) is 0 Å². The monoisotopic (exact) mass is 356 g/mol. The second-order valence-corrected chi connectivity index (χ2v) is 8.75. The van der Waals surface area contributed by atoms with Crippen LogP contribution in [-0.2, 0) is 9.84 Å². The van der Waals surface area contributed by atoms with Crippen LogP contribution in [0.5, 0.6) is 0 Å². The molecule has 0 radical (unpaired) electrons. The van der Waals surface area contributed by atoms with Gasteiger partial charge < -0.3 is 10.6 Å². The summed E-state index contributed by atoms with van der Waals surface area (Å²) in [6.45, 7) is 0. The third-order valence-electron chi connectivity index (χ3n) is 4.68. The van der Waals surface area contributed by atoms with Crippen molar-refractivity contribution in [1.29, 1.82) is 0 Å². The van der Waals surface area contributed by atoms with E-state index in [2.05, 4.69) is 10.6 Å². The topological polar surface area (TPSA) is 75.3 Å². The molecule has 6 heteroatoms. The molecule has 1 amide bonds. The van der Waals surface area contributed by atoms with Gasteiger partial charge in [0.05, 0.1) is 16.7 Å². The molecule has 2 N–H and O–H groups in total.